The van der Waals surface area contributed by atoms with Gasteiger partial charge in [0.25, 0.3) is 0 Å². The first-order valence-electron chi connectivity index (χ1n) is 21.7. The predicted octanol–water partition coefficient (Wildman–Crippen LogP) is -4.10. The normalized spacial score (nSPS) is 14.0. The topological polar surface area (TPSA) is 422 Å². The molecule has 0 aliphatic heterocycles. The summed E-state index contributed by atoms with van der Waals surface area (Å²) in [5, 5.41) is 27.1. The molecule has 24 nitrogen and oxygen atoms in total. The highest BCUT2D eigenvalue weighted by Gasteiger charge is 2.33. The van der Waals surface area contributed by atoms with Gasteiger partial charge in [0, 0.05) is 25.3 Å². The summed E-state index contributed by atoms with van der Waals surface area (Å²) in [5.74, 6) is -7.37. The summed E-state index contributed by atoms with van der Waals surface area (Å²) in [4.78, 5) is 114. The minimum atomic E-state index is -1.34. The summed E-state index contributed by atoms with van der Waals surface area (Å²) in [6, 6.07) is 0.269. The number of rotatable bonds is 32. The lowest BCUT2D eigenvalue weighted by atomic mass is 10.00. The molecule has 0 bridgehead atoms. The van der Waals surface area contributed by atoms with Crippen LogP contribution in [0.25, 0.3) is 0 Å². The lowest BCUT2D eigenvalue weighted by Gasteiger charge is -2.28. The molecule has 0 saturated carbocycles. The van der Waals surface area contributed by atoms with E-state index in [1.54, 1.807) is 44.2 Å². The van der Waals surface area contributed by atoms with E-state index in [0.29, 0.717) is 31.4 Å². The van der Waals surface area contributed by atoms with Gasteiger partial charge >= 0.3 is 5.97 Å². The van der Waals surface area contributed by atoms with Crippen LogP contribution < -0.4 is 71.6 Å². The van der Waals surface area contributed by atoms with Gasteiger partial charge in [0.1, 0.15) is 42.8 Å². The van der Waals surface area contributed by atoms with Crippen LogP contribution in [0, 0.1) is 5.92 Å². The Hall–Kier alpha value is -6.21. The average Bonchev–Trinajstić information content (AvgIpc) is 3.25. The fourth-order valence-electron chi connectivity index (χ4n) is 6.20. The van der Waals surface area contributed by atoms with Gasteiger partial charge in [0.05, 0.1) is 6.04 Å². The molecule has 20 N–H and O–H groups in total. The molecule has 0 heterocycles. The third-order valence-electron chi connectivity index (χ3n) is 9.70. The van der Waals surface area contributed by atoms with Crippen LogP contribution in [0.15, 0.2) is 40.3 Å². The maximum Gasteiger partial charge on any atom is 0.322 e. The molecular weight excluding hydrogens is 879 g/mol. The fourth-order valence-corrected chi connectivity index (χ4v) is 6.46. The second kappa shape index (κ2) is 31.6. The third-order valence-corrected chi connectivity index (χ3v) is 10.1. The number of amides is 7. The molecule has 0 unspecified atom stereocenters. The second-order valence-electron chi connectivity index (χ2n) is 15.9. The zero-order valence-electron chi connectivity index (χ0n) is 37.9. The first-order chi connectivity index (χ1) is 31.2. The van der Waals surface area contributed by atoms with E-state index in [1.165, 1.54) is 6.92 Å². The van der Waals surface area contributed by atoms with Crippen molar-refractivity contribution in [2.75, 3.05) is 31.9 Å². The second-order valence-corrected chi connectivity index (χ2v) is 16.3. The molecule has 0 fully saturated rings. The Labute approximate surface area is 390 Å². The van der Waals surface area contributed by atoms with E-state index in [-0.39, 0.29) is 75.2 Å². The molecule has 7 amide bonds. The van der Waals surface area contributed by atoms with E-state index in [0.717, 1.165) is 0 Å². The SMILES string of the molecule is CC(C)C[C@H](NC(=O)[C@H](CCCN=C(N)N)NC(=O)[C@H](CCCN=C(N)N)NC(=O)[C@H](CS)NC(=O)[C@H](C)NC(=O)[C@@H](N)CCCCN)C(=O)N[C@@H](Cc1ccccc1)C(=O)NCC(=O)O. The predicted molar refractivity (Wildman–Crippen MR) is 252 cm³/mol. The van der Waals surface area contributed by atoms with Gasteiger partial charge in [-0.2, -0.15) is 12.6 Å². The van der Waals surface area contributed by atoms with Crippen LogP contribution in [0.5, 0.6) is 0 Å². The highest BCUT2D eigenvalue weighted by molar-refractivity contribution is 7.80. The van der Waals surface area contributed by atoms with Crippen LogP contribution >= 0.6 is 12.6 Å². The van der Waals surface area contributed by atoms with Gasteiger partial charge < -0.3 is 76.7 Å². The van der Waals surface area contributed by atoms with Gasteiger partial charge in [-0.25, -0.2) is 0 Å². The van der Waals surface area contributed by atoms with Gasteiger partial charge in [-0.05, 0) is 69.9 Å². The summed E-state index contributed by atoms with van der Waals surface area (Å²) in [6.07, 6.45) is 1.96. The Morgan fingerprint density at radius 3 is 1.58 bits per heavy atom. The summed E-state index contributed by atoms with van der Waals surface area (Å²) in [5.41, 5.74) is 34.0. The van der Waals surface area contributed by atoms with Crippen molar-refractivity contribution in [3.8, 4) is 0 Å². The molecule has 370 valence electrons. The molecule has 1 aromatic carbocycles. The molecule has 0 spiro atoms. The number of aliphatic imine (C=N–C) groups is 2. The first kappa shape index (κ1) is 57.8. The maximum absolute atomic E-state index is 14.1. The molecule has 66 heavy (non-hydrogen) atoms. The largest absolute Gasteiger partial charge is 0.480 e. The van der Waals surface area contributed by atoms with Gasteiger partial charge in [-0.3, -0.25) is 48.3 Å². The number of nitrogens with one attached hydrogen (secondary N) is 7. The fraction of sp³-hybridized carbons (Fsp3) is 0.610. The molecule has 0 saturated heterocycles. The number of hydrogen-bond acceptors (Lipinski definition) is 13. The van der Waals surface area contributed by atoms with Crippen LogP contribution in [0.3, 0.4) is 0 Å². The zero-order chi connectivity index (χ0) is 49.8. The number of benzene rings is 1. The van der Waals surface area contributed by atoms with Crippen LogP contribution in [-0.2, 0) is 44.8 Å². The van der Waals surface area contributed by atoms with Crippen molar-refractivity contribution in [3.05, 3.63) is 35.9 Å². The van der Waals surface area contributed by atoms with Gasteiger partial charge in [-0.1, -0.05) is 50.6 Å². The Bertz CT molecular complexity index is 1800. The number of nitrogens with zero attached hydrogens (tertiary/aromatic N) is 2. The van der Waals surface area contributed by atoms with E-state index in [4.69, 9.17) is 39.5 Å². The van der Waals surface area contributed by atoms with Crippen molar-refractivity contribution >= 4 is 71.9 Å². The Kier molecular flexibility index (Phi) is 27.7. The number of thiol groups is 1. The zero-order valence-corrected chi connectivity index (χ0v) is 38.8. The van der Waals surface area contributed by atoms with E-state index < -0.39 is 96.2 Å². The summed E-state index contributed by atoms with van der Waals surface area (Å²) >= 11 is 4.22. The number of aliphatic carboxylic acids is 1. The quantitative estimate of drug-likeness (QED) is 0.0141. The Morgan fingerprint density at radius 1 is 0.606 bits per heavy atom. The van der Waals surface area contributed by atoms with Crippen molar-refractivity contribution in [2.24, 2.45) is 50.3 Å². The number of carboxylic acid groups (broad SMARTS) is 1. The minimum absolute atomic E-state index is 0.00182. The molecule has 0 radical (unpaired) electrons. The van der Waals surface area contributed by atoms with Crippen molar-refractivity contribution in [2.45, 2.75) is 121 Å². The summed E-state index contributed by atoms with van der Waals surface area (Å²) < 4.78 is 0. The molecule has 25 heteroatoms. The van der Waals surface area contributed by atoms with E-state index in [1.807, 2.05) is 0 Å². The minimum Gasteiger partial charge on any atom is -0.480 e. The maximum atomic E-state index is 14.1. The number of nitrogens with two attached hydrogens (primary N) is 6. The lowest BCUT2D eigenvalue weighted by molar-refractivity contribution is -0.138. The van der Waals surface area contributed by atoms with Crippen molar-refractivity contribution in [1.29, 1.82) is 0 Å². The molecule has 0 aliphatic carbocycles. The standard InChI is InChI=1S/C41H71N15O9S/c1-23(2)19-29(38(64)55-30(35(61)50-21-32(57)58)20-25-11-5-4-6-12-25)54-37(63)28(15-10-18-49-41(46)47)52-36(62)27(14-9-17-48-40(44)45)53-39(65)31(22-66)56-33(59)24(3)51-34(60)26(43)13-7-8-16-42/h4-6,11-12,23-24,26-31,66H,7-10,13-22,42-43H2,1-3H3,(H,50,61)(H,51,60)(H,52,62)(H,53,65)(H,54,63)(H,55,64)(H,56,59)(H,57,58)(H4,44,45,48)(H4,46,47,49)/t24-,26-,27-,28-,29-,30-,31-/m0/s1. The number of carbonyl (C=O) groups is 8. The van der Waals surface area contributed by atoms with E-state index >= 15 is 0 Å². The Morgan fingerprint density at radius 2 is 1.09 bits per heavy atom. The van der Waals surface area contributed by atoms with Gasteiger partial charge in [0.2, 0.25) is 41.4 Å². The van der Waals surface area contributed by atoms with Crippen LogP contribution in [0.1, 0.15) is 77.7 Å². The number of unbranched alkanes of at least 4 members (excludes halogenated alkanes) is 1. The summed E-state index contributed by atoms with van der Waals surface area (Å²) in [6.45, 7) is 4.88. The van der Waals surface area contributed by atoms with Crippen LogP contribution in [0.2, 0.25) is 0 Å². The highest BCUT2D eigenvalue weighted by atomic mass is 32.1. The number of carbonyl (C=O) groups excluding carboxylic acids is 7. The lowest BCUT2D eigenvalue weighted by Crippen LogP contribution is -2.60. The molecule has 1 aromatic rings. The Balaban J connectivity index is 3.40. The molecule has 7 atom stereocenters. The molecule has 0 aliphatic rings. The van der Waals surface area contributed by atoms with Crippen molar-refractivity contribution in [1.82, 2.24) is 37.2 Å². The smallest absolute Gasteiger partial charge is 0.322 e. The first-order valence-corrected chi connectivity index (χ1v) is 22.3. The molecule has 0 aromatic heterocycles. The van der Waals surface area contributed by atoms with Crippen molar-refractivity contribution in [3.63, 3.8) is 0 Å². The number of hydrogen-bond donors (Lipinski definition) is 15. The average molecular weight is 950 g/mol. The monoisotopic (exact) mass is 950 g/mol. The van der Waals surface area contributed by atoms with Gasteiger partial charge in [0.15, 0.2) is 11.9 Å². The third kappa shape index (κ3) is 24.2. The highest BCUT2D eigenvalue weighted by Crippen LogP contribution is 2.11. The molecule has 1 rings (SSSR count). The number of guanidine groups is 2. The van der Waals surface area contributed by atoms with Crippen molar-refractivity contribution < 1.29 is 43.5 Å². The van der Waals surface area contributed by atoms with E-state index in [9.17, 15) is 38.4 Å². The molecular formula is C41H71N15O9S. The van der Waals surface area contributed by atoms with Crippen LogP contribution in [-0.4, -0.2) is 139 Å². The number of carboxylic acids is 1. The summed E-state index contributed by atoms with van der Waals surface area (Å²) in [7, 11) is 0. The van der Waals surface area contributed by atoms with Crippen LogP contribution in [0.4, 0.5) is 0 Å². The van der Waals surface area contributed by atoms with Gasteiger partial charge in [-0.15, -0.1) is 0 Å². The van der Waals surface area contributed by atoms with E-state index in [2.05, 4.69) is 59.8 Å².